The minimum atomic E-state index is -3.82. The Morgan fingerprint density at radius 2 is 1.93 bits per heavy atom. The highest BCUT2D eigenvalue weighted by molar-refractivity contribution is 7.89. The second-order valence-electron chi connectivity index (χ2n) is 6.93. The van der Waals surface area contributed by atoms with Crippen molar-refractivity contribution >= 4 is 27.0 Å². The maximum Gasteiger partial charge on any atom is 0.254 e. The van der Waals surface area contributed by atoms with E-state index < -0.39 is 10.0 Å². The summed E-state index contributed by atoms with van der Waals surface area (Å²) in [6.45, 7) is 5.51. The molecular formula is C19H23N5O3S. The van der Waals surface area contributed by atoms with E-state index >= 15 is 0 Å². The molecule has 148 valence electrons. The SMILES string of the molecule is Cc1cc(C(=O)N(C)C(C)c2cccc(S(N)(=O)=O)c2)c2c(C)nn(C)c2n1. The van der Waals surface area contributed by atoms with Gasteiger partial charge in [-0.05, 0) is 44.5 Å². The second-order valence-corrected chi connectivity index (χ2v) is 8.49. The average molecular weight is 401 g/mol. The van der Waals surface area contributed by atoms with Gasteiger partial charge >= 0.3 is 0 Å². The second kappa shape index (κ2) is 6.99. The van der Waals surface area contributed by atoms with Crippen LogP contribution in [0.2, 0.25) is 0 Å². The van der Waals surface area contributed by atoms with Gasteiger partial charge in [0.05, 0.1) is 27.6 Å². The van der Waals surface area contributed by atoms with Crippen molar-refractivity contribution in [3.05, 3.63) is 52.8 Å². The summed E-state index contributed by atoms with van der Waals surface area (Å²) >= 11 is 0. The van der Waals surface area contributed by atoms with Crippen molar-refractivity contribution in [1.82, 2.24) is 19.7 Å². The number of carbonyl (C=O) groups excluding carboxylic acids is 1. The highest BCUT2D eigenvalue weighted by atomic mass is 32.2. The topological polar surface area (TPSA) is 111 Å². The van der Waals surface area contributed by atoms with E-state index in [2.05, 4.69) is 10.1 Å². The largest absolute Gasteiger partial charge is 0.335 e. The van der Waals surface area contributed by atoms with Crippen molar-refractivity contribution in [3.63, 3.8) is 0 Å². The fraction of sp³-hybridized carbons (Fsp3) is 0.316. The van der Waals surface area contributed by atoms with Crippen LogP contribution in [0.25, 0.3) is 11.0 Å². The minimum absolute atomic E-state index is 0.0166. The van der Waals surface area contributed by atoms with E-state index in [1.54, 1.807) is 41.9 Å². The lowest BCUT2D eigenvalue weighted by atomic mass is 10.0. The fourth-order valence-corrected chi connectivity index (χ4v) is 3.85. The number of amides is 1. The first-order valence-electron chi connectivity index (χ1n) is 8.71. The van der Waals surface area contributed by atoms with Crippen LogP contribution in [0.5, 0.6) is 0 Å². The third kappa shape index (κ3) is 3.50. The van der Waals surface area contributed by atoms with Crippen LogP contribution >= 0.6 is 0 Å². The van der Waals surface area contributed by atoms with Crippen LogP contribution in [-0.2, 0) is 17.1 Å². The van der Waals surface area contributed by atoms with Gasteiger partial charge in [0.2, 0.25) is 10.0 Å². The van der Waals surface area contributed by atoms with Crippen molar-refractivity contribution in [3.8, 4) is 0 Å². The third-order valence-corrected chi connectivity index (χ3v) is 5.81. The molecule has 0 spiro atoms. The van der Waals surface area contributed by atoms with Crippen LogP contribution < -0.4 is 5.14 Å². The summed E-state index contributed by atoms with van der Waals surface area (Å²) in [4.78, 5) is 19.4. The van der Waals surface area contributed by atoms with Crippen LogP contribution in [0.3, 0.4) is 0 Å². The van der Waals surface area contributed by atoms with Crippen LogP contribution in [0, 0.1) is 13.8 Å². The molecule has 28 heavy (non-hydrogen) atoms. The number of nitrogens with two attached hydrogens (primary N) is 1. The zero-order valence-electron chi connectivity index (χ0n) is 16.5. The Morgan fingerprint density at radius 3 is 2.57 bits per heavy atom. The molecule has 1 atom stereocenters. The summed E-state index contributed by atoms with van der Waals surface area (Å²) in [6.07, 6.45) is 0. The predicted molar refractivity (Wildman–Crippen MR) is 106 cm³/mol. The molecule has 0 saturated carbocycles. The summed E-state index contributed by atoms with van der Waals surface area (Å²) in [6, 6.07) is 7.70. The number of hydrogen-bond donors (Lipinski definition) is 1. The van der Waals surface area contributed by atoms with Crippen LogP contribution in [0.15, 0.2) is 35.2 Å². The van der Waals surface area contributed by atoms with Crippen molar-refractivity contribution < 1.29 is 13.2 Å². The molecular weight excluding hydrogens is 378 g/mol. The van der Waals surface area contributed by atoms with Gasteiger partial charge in [0.15, 0.2) is 5.65 Å². The van der Waals surface area contributed by atoms with Gasteiger partial charge in [-0.3, -0.25) is 9.48 Å². The standard InChI is InChI=1S/C19H23N5O3S/c1-11-9-16(17-12(2)22-24(5)18(17)21-11)19(25)23(4)13(3)14-7-6-8-15(10-14)28(20,26)27/h6-10,13H,1-5H3,(H2,20,26,27). The molecule has 0 aliphatic carbocycles. The molecule has 2 aromatic heterocycles. The molecule has 0 fully saturated rings. The first-order chi connectivity index (χ1) is 13.0. The smallest absolute Gasteiger partial charge is 0.254 e. The van der Waals surface area contributed by atoms with Gasteiger partial charge in [-0.25, -0.2) is 18.5 Å². The summed E-state index contributed by atoms with van der Waals surface area (Å²) in [5.74, 6) is -0.194. The Bertz CT molecular complexity index is 1180. The van der Waals surface area contributed by atoms with Gasteiger partial charge in [0.25, 0.3) is 5.91 Å². The van der Waals surface area contributed by atoms with Gasteiger partial charge in [0.1, 0.15) is 0 Å². The fourth-order valence-electron chi connectivity index (χ4n) is 3.28. The van der Waals surface area contributed by atoms with Crippen molar-refractivity contribution in [2.45, 2.75) is 31.7 Å². The summed E-state index contributed by atoms with van der Waals surface area (Å²) in [7, 11) is -0.340. The monoisotopic (exact) mass is 401 g/mol. The zero-order valence-corrected chi connectivity index (χ0v) is 17.3. The lowest BCUT2D eigenvalue weighted by Gasteiger charge is -2.26. The van der Waals surface area contributed by atoms with E-state index in [9.17, 15) is 13.2 Å². The third-order valence-electron chi connectivity index (χ3n) is 4.90. The normalized spacial score (nSPS) is 12.9. The van der Waals surface area contributed by atoms with Crippen LogP contribution in [0.1, 0.15) is 40.3 Å². The quantitative estimate of drug-likeness (QED) is 0.719. The Hall–Kier alpha value is -2.78. The van der Waals surface area contributed by atoms with E-state index in [1.807, 2.05) is 20.8 Å². The molecule has 2 heterocycles. The number of carbonyl (C=O) groups is 1. The van der Waals surface area contributed by atoms with E-state index in [0.29, 0.717) is 16.8 Å². The molecule has 8 nitrogen and oxygen atoms in total. The highest BCUT2D eigenvalue weighted by Crippen LogP contribution is 2.27. The van der Waals surface area contributed by atoms with Crippen LogP contribution in [0.4, 0.5) is 0 Å². The maximum absolute atomic E-state index is 13.3. The van der Waals surface area contributed by atoms with Gasteiger partial charge in [-0.1, -0.05) is 12.1 Å². The lowest BCUT2D eigenvalue weighted by molar-refractivity contribution is 0.0744. The molecule has 0 saturated heterocycles. The number of aromatic nitrogens is 3. The van der Waals surface area contributed by atoms with E-state index in [1.165, 1.54) is 12.1 Å². The molecule has 0 aliphatic heterocycles. The Balaban J connectivity index is 2.03. The molecule has 1 unspecified atom stereocenters. The van der Waals surface area contributed by atoms with Gasteiger partial charge in [0, 0.05) is 19.8 Å². The Morgan fingerprint density at radius 1 is 1.25 bits per heavy atom. The number of nitrogens with zero attached hydrogens (tertiary/aromatic N) is 4. The van der Waals surface area contributed by atoms with Crippen molar-refractivity contribution in [1.29, 1.82) is 0 Å². The first kappa shape index (κ1) is 20.0. The molecule has 0 aliphatic rings. The van der Waals surface area contributed by atoms with Gasteiger partial charge < -0.3 is 4.90 Å². The number of benzene rings is 1. The summed E-state index contributed by atoms with van der Waals surface area (Å²) < 4.78 is 24.9. The number of sulfonamides is 1. The number of aryl methyl sites for hydroxylation is 3. The molecule has 3 rings (SSSR count). The highest BCUT2D eigenvalue weighted by Gasteiger charge is 2.24. The number of pyridine rings is 1. The van der Waals surface area contributed by atoms with E-state index in [0.717, 1.165) is 16.8 Å². The summed E-state index contributed by atoms with van der Waals surface area (Å²) in [5.41, 5.74) is 3.29. The first-order valence-corrected chi connectivity index (χ1v) is 10.3. The molecule has 3 aromatic rings. The Kier molecular flexibility index (Phi) is 4.99. The van der Waals surface area contributed by atoms with Gasteiger partial charge in [-0.2, -0.15) is 5.10 Å². The predicted octanol–water partition coefficient (Wildman–Crippen LogP) is 2.07. The molecule has 9 heteroatoms. The number of primary sulfonamides is 1. The van der Waals surface area contributed by atoms with Crippen molar-refractivity contribution in [2.75, 3.05) is 7.05 Å². The molecule has 0 radical (unpaired) electrons. The number of rotatable bonds is 4. The maximum atomic E-state index is 13.3. The Labute approximate surface area is 164 Å². The minimum Gasteiger partial charge on any atom is -0.335 e. The van der Waals surface area contributed by atoms with E-state index in [4.69, 9.17) is 5.14 Å². The lowest BCUT2D eigenvalue weighted by Crippen LogP contribution is -2.30. The summed E-state index contributed by atoms with van der Waals surface area (Å²) in [5, 5.41) is 10.3. The number of fused-ring (bicyclic) bond motifs is 1. The van der Waals surface area contributed by atoms with Crippen LogP contribution in [-0.4, -0.2) is 41.0 Å². The van der Waals surface area contributed by atoms with E-state index in [-0.39, 0.29) is 16.8 Å². The average Bonchev–Trinajstić information content (AvgIpc) is 2.92. The van der Waals surface area contributed by atoms with Crippen molar-refractivity contribution in [2.24, 2.45) is 12.2 Å². The molecule has 2 N–H and O–H groups in total. The molecule has 1 aromatic carbocycles. The van der Waals surface area contributed by atoms with Gasteiger partial charge in [-0.15, -0.1) is 0 Å². The zero-order chi connectivity index (χ0) is 20.8. The number of hydrogen-bond acceptors (Lipinski definition) is 5. The molecule has 0 bridgehead atoms. The molecule has 1 amide bonds.